The number of nitrogens with zero attached hydrogens (tertiary/aromatic N) is 2. The molecule has 3 atom stereocenters. The summed E-state index contributed by atoms with van der Waals surface area (Å²) in [6.07, 6.45) is 10.4. The Morgan fingerprint density at radius 2 is 1.68 bits per heavy atom. The van der Waals surface area contributed by atoms with Crippen LogP contribution in [0.3, 0.4) is 0 Å². The number of hydrogen-bond donors (Lipinski definition) is 0. The Kier molecular flexibility index (Phi) is 4.78. The van der Waals surface area contributed by atoms with Gasteiger partial charge in [0.1, 0.15) is 11.8 Å². The molecule has 4 aliphatic rings. The summed E-state index contributed by atoms with van der Waals surface area (Å²) in [6.45, 7) is 4.31. The monoisotopic (exact) mass is 348 g/mol. The van der Waals surface area contributed by atoms with E-state index in [1.165, 1.54) is 6.42 Å². The number of rotatable bonds is 2. The van der Waals surface area contributed by atoms with E-state index in [0.717, 1.165) is 70.9 Å². The molecule has 4 rings (SSSR count). The molecule has 0 bridgehead atoms. The molecule has 5 heteroatoms. The van der Waals surface area contributed by atoms with Gasteiger partial charge in [-0.1, -0.05) is 26.2 Å². The fourth-order valence-electron chi connectivity index (χ4n) is 5.54. The van der Waals surface area contributed by atoms with Gasteiger partial charge in [-0.05, 0) is 50.9 Å². The zero-order valence-electron chi connectivity index (χ0n) is 15.5. The SMILES string of the molecule is C[C@H]1CCC[C@]2(C1)OC[C@@H](C(=O)N1CCCC1)N2C(=O)C1CCCC1. The van der Waals surface area contributed by atoms with E-state index >= 15 is 0 Å². The normalized spacial score (nSPS) is 36.5. The topological polar surface area (TPSA) is 49.9 Å². The minimum Gasteiger partial charge on any atom is -0.353 e. The van der Waals surface area contributed by atoms with Crippen LogP contribution in [0.25, 0.3) is 0 Å². The summed E-state index contributed by atoms with van der Waals surface area (Å²) in [7, 11) is 0. The number of likely N-dealkylation sites (tertiary alicyclic amines) is 1. The van der Waals surface area contributed by atoms with Crippen LogP contribution in [0.4, 0.5) is 0 Å². The average molecular weight is 348 g/mol. The number of carbonyl (C=O) groups excluding carboxylic acids is 2. The smallest absolute Gasteiger partial charge is 0.247 e. The van der Waals surface area contributed by atoms with Crippen LogP contribution in [-0.2, 0) is 14.3 Å². The summed E-state index contributed by atoms with van der Waals surface area (Å²) >= 11 is 0. The number of hydrogen-bond acceptors (Lipinski definition) is 3. The van der Waals surface area contributed by atoms with Gasteiger partial charge in [0, 0.05) is 19.0 Å². The van der Waals surface area contributed by atoms with Gasteiger partial charge in [-0.15, -0.1) is 0 Å². The maximum absolute atomic E-state index is 13.4. The maximum Gasteiger partial charge on any atom is 0.247 e. The Hall–Kier alpha value is -1.10. The van der Waals surface area contributed by atoms with Gasteiger partial charge >= 0.3 is 0 Å². The van der Waals surface area contributed by atoms with Crippen LogP contribution >= 0.6 is 0 Å². The van der Waals surface area contributed by atoms with Crippen molar-refractivity contribution in [3.05, 3.63) is 0 Å². The van der Waals surface area contributed by atoms with Gasteiger partial charge in [0.15, 0.2) is 0 Å². The molecule has 2 aliphatic heterocycles. The van der Waals surface area contributed by atoms with Crippen molar-refractivity contribution in [1.82, 2.24) is 9.80 Å². The molecule has 0 unspecified atom stereocenters. The van der Waals surface area contributed by atoms with Crippen LogP contribution < -0.4 is 0 Å². The number of carbonyl (C=O) groups is 2. The zero-order valence-corrected chi connectivity index (χ0v) is 15.5. The summed E-state index contributed by atoms with van der Waals surface area (Å²) < 4.78 is 6.30. The molecular formula is C20H32N2O3. The third kappa shape index (κ3) is 3.09. The molecule has 0 radical (unpaired) electrons. The Morgan fingerprint density at radius 3 is 2.36 bits per heavy atom. The largest absolute Gasteiger partial charge is 0.353 e. The first-order valence-electron chi connectivity index (χ1n) is 10.4. The second kappa shape index (κ2) is 6.90. The van der Waals surface area contributed by atoms with E-state index in [-0.39, 0.29) is 17.7 Å². The summed E-state index contributed by atoms with van der Waals surface area (Å²) in [6, 6.07) is -0.392. The van der Waals surface area contributed by atoms with E-state index in [1.807, 2.05) is 9.80 Å². The molecule has 0 aromatic carbocycles. The Morgan fingerprint density at radius 1 is 0.960 bits per heavy atom. The second-order valence-electron chi connectivity index (χ2n) is 8.70. The van der Waals surface area contributed by atoms with E-state index in [4.69, 9.17) is 4.74 Å². The summed E-state index contributed by atoms with van der Waals surface area (Å²) in [5.41, 5.74) is -0.516. The van der Waals surface area contributed by atoms with Crippen LogP contribution in [0, 0.1) is 11.8 Å². The molecule has 5 nitrogen and oxygen atoms in total. The van der Waals surface area contributed by atoms with Gasteiger partial charge < -0.3 is 9.64 Å². The van der Waals surface area contributed by atoms with E-state index in [9.17, 15) is 9.59 Å². The summed E-state index contributed by atoms with van der Waals surface area (Å²) in [5.74, 6) is 0.971. The van der Waals surface area contributed by atoms with Crippen molar-refractivity contribution in [2.75, 3.05) is 19.7 Å². The molecule has 25 heavy (non-hydrogen) atoms. The van der Waals surface area contributed by atoms with E-state index in [2.05, 4.69) is 6.92 Å². The lowest BCUT2D eigenvalue weighted by Gasteiger charge is -2.44. The zero-order chi connectivity index (χ0) is 17.4. The molecule has 0 aromatic heterocycles. The van der Waals surface area contributed by atoms with E-state index in [0.29, 0.717) is 12.5 Å². The first-order valence-corrected chi connectivity index (χ1v) is 10.4. The number of amides is 2. The van der Waals surface area contributed by atoms with Crippen LogP contribution in [-0.4, -0.2) is 53.1 Å². The van der Waals surface area contributed by atoms with Crippen molar-refractivity contribution in [3.8, 4) is 0 Å². The minimum atomic E-state index is -0.516. The molecule has 2 heterocycles. The first kappa shape index (κ1) is 17.3. The van der Waals surface area contributed by atoms with Gasteiger partial charge in [-0.2, -0.15) is 0 Å². The Labute approximate surface area is 151 Å². The molecular weight excluding hydrogens is 316 g/mol. The van der Waals surface area contributed by atoms with Crippen LogP contribution in [0.2, 0.25) is 0 Å². The second-order valence-corrected chi connectivity index (χ2v) is 8.70. The summed E-state index contributed by atoms with van der Waals surface area (Å²) in [5, 5.41) is 0. The van der Waals surface area contributed by atoms with Crippen LogP contribution in [0.1, 0.15) is 71.1 Å². The van der Waals surface area contributed by atoms with Crippen molar-refractivity contribution in [1.29, 1.82) is 0 Å². The quantitative estimate of drug-likeness (QED) is 0.771. The molecule has 2 saturated carbocycles. The Balaban J connectivity index is 1.61. The fraction of sp³-hybridized carbons (Fsp3) is 0.900. The highest BCUT2D eigenvalue weighted by molar-refractivity contribution is 5.90. The van der Waals surface area contributed by atoms with Crippen molar-refractivity contribution in [3.63, 3.8) is 0 Å². The molecule has 140 valence electrons. The van der Waals surface area contributed by atoms with Gasteiger partial charge in [0.25, 0.3) is 0 Å². The predicted molar refractivity (Wildman–Crippen MR) is 94.7 cm³/mol. The van der Waals surface area contributed by atoms with Crippen LogP contribution in [0.15, 0.2) is 0 Å². The third-order valence-corrected chi connectivity index (χ3v) is 6.84. The minimum absolute atomic E-state index is 0.102. The van der Waals surface area contributed by atoms with Crippen molar-refractivity contribution in [2.24, 2.45) is 11.8 Å². The average Bonchev–Trinajstić information content (AvgIpc) is 3.35. The lowest BCUT2D eigenvalue weighted by atomic mass is 9.82. The lowest BCUT2D eigenvalue weighted by molar-refractivity contribution is -0.167. The molecule has 1 spiro atoms. The standard InChI is InChI=1S/C20H32N2O3/c1-15-7-6-10-20(13-15)22(18(23)16-8-2-3-9-16)17(14-25-20)19(24)21-11-4-5-12-21/h15-17H,2-14H2,1H3/t15-,17-,20+/m0/s1. The first-order chi connectivity index (χ1) is 12.1. The van der Waals surface area contributed by atoms with E-state index in [1.54, 1.807) is 0 Å². The fourth-order valence-corrected chi connectivity index (χ4v) is 5.54. The van der Waals surface area contributed by atoms with Crippen molar-refractivity contribution >= 4 is 11.8 Å². The van der Waals surface area contributed by atoms with E-state index < -0.39 is 11.8 Å². The van der Waals surface area contributed by atoms with Crippen molar-refractivity contribution in [2.45, 2.75) is 82.9 Å². The number of ether oxygens (including phenoxy) is 1. The molecule has 2 amide bonds. The molecule has 0 N–H and O–H groups in total. The van der Waals surface area contributed by atoms with Gasteiger partial charge in [-0.25, -0.2) is 0 Å². The van der Waals surface area contributed by atoms with Gasteiger partial charge in [0.2, 0.25) is 11.8 Å². The molecule has 0 aromatic rings. The molecule has 4 fully saturated rings. The van der Waals surface area contributed by atoms with Crippen molar-refractivity contribution < 1.29 is 14.3 Å². The molecule has 2 aliphatic carbocycles. The van der Waals surface area contributed by atoms with Gasteiger partial charge in [-0.3, -0.25) is 14.5 Å². The highest BCUT2D eigenvalue weighted by atomic mass is 16.5. The Bertz CT molecular complexity index is 525. The summed E-state index contributed by atoms with van der Waals surface area (Å²) in [4.78, 5) is 30.5. The third-order valence-electron chi connectivity index (χ3n) is 6.84. The molecule has 2 saturated heterocycles. The lowest BCUT2D eigenvalue weighted by Crippen LogP contribution is -2.58. The van der Waals surface area contributed by atoms with Gasteiger partial charge in [0.05, 0.1) is 6.61 Å². The van der Waals surface area contributed by atoms with Crippen LogP contribution in [0.5, 0.6) is 0 Å². The maximum atomic E-state index is 13.4. The highest BCUT2D eigenvalue weighted by Gasteiger charge is 2.55. The predicted octanol–water partition coefficient (Wildman–Crippen LogP) is 2.93. The highest BCUT2D eigenvalue weighted by Crippen LogP contribution is 2.45.